The molecule has 0 spiro atoms. The van der Waals surface area contributed by atoms with Gasteiger partial charge in [-0.2, -0.15) is 5.10 Å². The van der Waals surface area contributed by atoms with Crippen LogP contribution >= 0.6 is 0 Å². The third kappa shape index (κ3) is 2.10. The summed E-state index contributed by atoms with van der Waals surface area (Å²) in [6.45, 7) is 6.89. The standard InChI is InChI=1S/C14H18FN3/c1-4-7-18-10(3)14(9(2)17-18)12-8-11(15)5-6-13(12)16/h5-6,8H,4,7,16H2,1-3H3. The van der Waals surface area contributed by atoms with Crippen molar-refractivity contribution < 1.29 is 4.39 Å². The first-order valence-corrected chi connectivity index (χ1v) is 6.14. The van der Waals surface area contributed by atoms with Crippen molar-refractivity contribution in [1.82, 2.24) is 9.78 Å². The van der Waals surface area contributed by atoms with Gasteiger partial charge < -0.3 is 5.73 Å². The molecule has 96 valence electrons. The average molecular weight is 247 g/mol. The first kappa shape index (κ1) is 12.6. The van der Waals surface area contributed by atoms with E-state index in [1.165, 1.54) is 12.1 Å². The van der Waals surface area contributed by atoms with Gasteiger partial charge in [0.05, 0.1) is 5.69 Å². The highest BCUT2D eigenvalue weighted by Crippen LogP contribution is 2.32. The molecule has 0 aliphatic heterocycles. The van der Waals surface area contributed by atoms with E-state index in [-0.39, 0.29) is 5.82 Å². The maximum absolute atomic E-state index is 13.4. The van der Waals surface area contributed by atoms with Gasteiger partial charge in [-0.3, -0.25) is 4.68 Å². The van der Waals surface area contributed by atoms with Crippen LogP contribution in [0.5, 0.6) is 0 Å². The minimum Gasteiger partial charge on any atom is -0.398 e. The number of anilines is 1. The van der Waals surface area contributed by atoms with E-state index in [2.05, 4.69) is 12.0 Å². The zero-order chi connectivity index (χ0) is 13.3. The predicted octanol–water partition coefficient (Wildman–Crippen LogP) is 3.30. The summed E-state index contributed by atoms with van der Waals surface area (Å²) in [4.78, 5) is 0. The van der Waals surface area contributed by atoms with E-state index < -0.39 is 0 Å². The third-order valence-electron chi connectivity index (χ3n) is 3.10. The molecule has 18 heavy (non-hydrogen) atoms. The lowest BCUT2D eigenvalue weighted by atomic mass is 10.0. The molecular weight excluding hydrogens is 229 g/mol. The van der Waals surface area contributed by atoms with Crippen LogP contribution in [-0.4, -0.2) is 9.78 Å². The summed E-state index contributed by atoms with van der Waals surface area (Å²) in [6, 6.07) is 4.45. The summed E-state index contributed by atoms with van der Waals surface area (Å²) in [6.07, 6.45) is 1.01. The van der Waals surface area contributed by atoms with Crippen molar-refractivity contribution in [3.8, 4) is 11.1 Å². The number of halogens is 1. The molecule has 2 N–H and O–H groups in total. The van der Waals surface area contributed by atoms with Crippen LogP contribution in [0.25, 0.3) is 11.1 Å². The third-order valence-corrected chi connectivity index (χ3v) is 3.10. The van der Waals surface area contributed by atoms with E-state index in [0.29, 0.717) is 5.69 Å². The van der Waals surface area contributed by atoms with Crippen LogP contribution in [0, 0.1) is 19.7 Å². The number of aromatic nitrogens is 2. The molecular formula is C14H18FN3. The van der Waals surface area contributed by atoms with Gasteiger partial charge in [0.2, 0.25) is 0 Å². The largest absolute Gasteiger partial charge is 0.398 e. The average Bonchev–Trinajstić information content (AvgIpc) is 2.59. The molecule has 0 aliphatic rings. The minimum absolute atomic E-state index is 0.277. The van der Waals surface area contributed by atoms with Crippen molar-refractivity contribution in [3.63, 3.8) is 0 Å². The summed E-state index contributed by atoms with van der Waals surface area (Å²) in [7, 11) is 0. The van der Waals surface area contributed by atoms with E-state index in [0.717, 1.165) is 35.5 Å². The van der Waals surface area contributed by atoms with Gasteiger partial charge in [0.25, 0.3) is 0 Å². The fraction of sp³-hybridized carbons (Fsp3) is 0.357. The highest BCUT2D eigenvalue weighted by atomic mass is 19.1. The molecule has 0 amide bonds. The maximum Gasteiger partial charge on any atom is 0.123 e. The van der Waals surface area contributed by atoms with Crippen molar-refractivity contribution in [1.29, 1.82) is 0 Å². The monoisotopic (exact) mass is 247 g/mol. The summed E-state index contributed by atoms with van der Waals surface area (Å²) in [5, 5.41) is 4.49. The fourth-order valence-corrected chi connectivity index (χ4v) is 2.26. The molecule has 2 aromatic rings. The summed E-state index contributed by atoms with van der Waals surface area (Å²) < 4.78 is 15.3. The second-order valence-corrected chi connectivity index (χ2v) is 4.50. The van der Waals surface area contributed by atoms with E-state index in [1.54, 1.807) is 6.07 Å². The van der Waals surface area contributed by atoms with Crippen LogP contribution in [-0.2, 0) is 6.54 Å². The van der Waals surface area contributed by atoms with E-state index in [1.807, 2.05) is 18.5 Å². The van der Waals surface area contributed by atoms with Crippen molar-refractivity contribution in [2.45, 2.75) is 33.7 Å². The molecule has 0 bridgehead atoms. The topological polar surface area (TPSA) is 43.8 Å². The van der Waals surface area contributed by atoms with Gasteiger partial charge in [-0.25, -0.2) is 4.39 Å². The van der Waals surface area contributed by atoms with Gasteiger partial charge in [-0.1, -0.05) is 6.92 Å². The van der Waals surface area contributed by atoms with Gasteiger partial charge in [0.15, 0.2) is 0 Å². The van der Waals surface area contributed by atoms with Crippen molar-refractivity contribution in [2.24, 2.45) is 0 Å². The molecule has 0 atom stereocenters. The number of benzene rings is 1. The summed E-state index contributed by atoms with van der Waals surface area (Å²) >= 11 is 0. The molecule has 4 heteroatoms. The Bertz CT molecular complexity index is 573. The smallest absolute Gasteiger partial charge is 0.123 e. The number of aryl methyl sites for hydroxylation is 2. The lowest BCUT2D eigenvalue weighted by Crippen LogP contribution is -2.01. The van der Waals surface area contributed by atoms with Crippen molar-refractivity contribution in [3.05, 3.63) is 35.4 Å². The number of nitrogens with zero attached hydrogens (tertiary/aromatic N) is 2. The van der Waals surface area contributed by atoms with Crippen LogP contribution in [0.1, 0.15) is 24.7 Å². The quantitative estimate of drug-likeness (QED) is 0.846. The molecule has 1 aromatic heterocycles. The van der Waals surface area contributed by atoms with E-state index in [9.17, 15) is 4.39 Å². The highest BCUT2D eigenvalue weighted by molar-refractivity contribution is 5.79. The molecule has 0 aliphatic carbocycles. The van der Waals surface area contributed by atoms with Gasteiger partial charge in [0, 0.05) is 29.1 Å². The molecule has 0 radical (unpaired) electrons. The SMILES string of the molecule is CCCn1nc(C)c(-c2cc(F)ccc2N)c1C. The van der Waals surface area contributed by atoms with Crippen LogP contribution in [0.2, 0.25) is 0 Å². The van der Waals surface area contributed by atoms with Crippen LogP contribution in [0.15, 0.2) is 18.2 Å². The van der Waals surface area contributed by atoms with Crippen molar-refractivity contribution >= 4 is 5.69 Å². The summed E-state index contributed by atoms with van der Waals surface area (Å²) in [5.41, 5.74) is 10.1. The number of nitrogens with two attached hydrogens (primary N) is 1. The zero-order valence-electron chi connectivity index (χ0n) is 11.0. The Balaban J connectivity index is 2.60. The number of hydrogen-bond donors (Lipinski definition) is 1. The van der Waals surface area contributed by atoms with Gasteiger partial charge >= 0.3 is 0 Å². The number of rotatable bonds is 3. The van der Waals surface area contributed by atoms with Gasteiger partial charge in [-0.15, -0.1) is 0 Å². The van der Waals surface area contributed by atoms with Gasteiger partial charge in [0.1, 0.15) is 5.82 Å². The molecule has 0 fully saturated rings. The zero-order valence-corrected chi connectivity index (χ0v) is 11.0. The normalized spacial score (nSPS) is 10.9. The lowest BCUT2D eigenvalue weighted by molar-refractivity contribution is 0.583. The van der Waals surface area contributed by atoms with E-state index in [4.69, 9.17) is 5.73 Å². The molecule has 0 unspecified atom stereocenters. The predicted molar refractivity (Wildman–Crippen MR) is 71.8 cm³/mol. The maximum atomic E-state index is 13.4. The molecule has 2 rings (SSSR count). The highest BCUT2D eigenvalue weighted by Gasteiger charge is 2.15. The van der Waals surface area contributed by atoms with Crippen LogP contribution < -0.4 is 5.73 Å². The first-order chi connectivity index (χ1) is 8.54. The second-order valence-electron chi connectivity index (χ2n) is 4.50. The van der Waals surface area contributed by atoms with Gasteiger partial charge in [-0.05, 0) is 38.5 Å². The molecule has 1 aromatic carbocycles. The van der Waals surface area contributed by atoms with Crippen LogP contribution in [0.4, 0.5) is 10.1 Å². The Hall–Kier alpha value is -1.84. The Morgan fingerprint density at radius 1 is 1.33 bits per heavy atom. The summed E-state index contributed by atoms with van der Waals surface area (Å²) in [5.74, 6) is -0.277. The minimum atomic E-state index is -0.277. The molecule has 1 heterocycles. The number of hydrogen-bond acceptors (Lipinski definition) is 2. The molecule has 0 saturated carbocycles. The first-order valence-electron chi connectivity index (χ1n) is 6.14. The fourth-order valence-electron chi connectivity index (χ4n) is 2.26. The Labute approximate surface area is 106 Å². The molecule has 0 saturated heterocycles. The molecule has 3 nitrogen and oxygen atoms in total. The Morgan fingerprint density at radius 2 is 2.06 bits per heavy atom. The van der Waals surface area contributed by atoms with Crippen LogP contribution in [0.3, 0.4) is 0 Å². The van der Waals surface area contributed by atoms with E-state index >= 15 is 0 Å². The number of nitrogen functional groups attached to an aromatic ring is 1. The van der Waals surface area contributed by atoms with Crippen molar-refractivity contribution in [2.75, 3.05) is 5.73 Å². The lowest BCUT2D eigenvalue weighted by Gasteiger charge is -2.07. The second kappa shape index (κ2) is 4.80. The Morgan fingerprint density at radius 3 is 2.72 bits per heavy atom. The Kier molecular flexibility index (Phi) is 3.36.